The molecular formula is C22H14Cl2N2O2. The normalized spacial score (nSPS) is 10.6. The number of nitrogens with zero attached hydrogens (tertiary/aromatic N) is 1. The van der Waals surface area contributed by atoms with Crippen molar-refractivity contribution in [3.05, 3.63) is 94.6 Å². The standard InChI is InChI=1S/C22H14Cl2N2O2/c23-18-11-10-15(12-19(18)24)26-21(27)16-8-4-5-9-17(16)22-25-13-20(28-22)14-6-2-1-3-7-14/h1-13H,(H,26,27). The van der Waals surface area contributed by atoms with E-state index >= 15 is 0 Å². The maximum Gasteiger partial charge on any atom is 0.256 e. The van der Waals surface area contributed by atoms with Gasteiger partial charge in [-0.3, -0.25) is 4.79 Å². The van der Waals surface area contributed by atoms with Crippen LogP contribution in [0.2, 0.25) is 10.0 Å². The minimum atomic E-state index is -0.298. The Hall–Kier alpha value is -3.08. The van der Waals surface area contributed by atoms with Gasteiger partial charge < -0.3 is 9.73 Å². The van der Waals surface area contributed by atoms with Gasteiger partial charge in [-0.05, 0) is 30.3 Å². The fourth-order valence-corrected chi connectivity index (χ4v) is 3.07. The van der Waals surface area contributed by atoms with Crippen molar-refractivity contribution in [1.29, 1.82) is 0 Å². The topological polar surface area (TPSA) is 55.1 Å². The molecule has 0 aliphatic carbocycles. The average molecular weight is 409 g/mol. The van der Waals surface area contributed by atoms with Crippen LogP contribution in [-0.4, -0.2) is 10.9 Å². The highest BCUT2D eigenvalue weighted by Crippen LogP contribution is 2.29. The molecule has 0 radical (unpaired) electrons. The fraction of sp³-hybridized carbons (Fsp3) is 0. The maximum absolute atomic E-state index is 12.8. The van der Waals surface area contributed by atoms with Crippen LogP contribution in [0.25, 0.3) is 22.8 Å². The van der Waals surface area contributed by atoms with Crippen molar-refractivity contribution < 1.29 is 9.21 Å². The lowest BCUT2D eigenvalue weighted by molar-refractivity contribution is 0.102. The van der Waals surface area contributed by atoms with Crippen molar-refractivity contribution in [2.75, 3.05) is 5.32 Å². The van der Waals surface area contributed by atoms with Crippen LogP contribution in [0.15, 0.2) is 83.4 Å². The summed E-state index contributed by atoms with van der Waals surface area (Å²) < 4.78 is 5.90. The second-order valence-electron chi connectivity index (χ2n) is 6.02. The molecule has 0 saturated carbocycles. The van der Waals surface area contributed by atoms with Crippen LogP contribution < -0.4 is 5.32 Å². The Morgan fingerprint density at radius 2 is 1.64 bits per heavy atom. The summed E-state index contributed by atoms with van der Waals surface area (Å²) in [6, 6.07) is 21.7. The Labute approximate surface area is 171 Å². The van der Waals surface area contributed by atoms with E-state index in [4.69, 9.17) is 27.6 Å². The molecule has 1 aromatic heterocycles. The van der Waals surface area contributed by atoms with Crippen molar-refractivity contribution in [3.63, 3.8) is 0 Å². The van der Waals surface area contributed by atoms with E-state index in [1.807, 2.05) is 36.4 Å². The molecule has 138 valence electrons. The molecule has 28 heavy (non-hydrogen) atoms. The van der Waals surface area contributed by atoms with Crippen LogP contribution >= 0.6 is 23.2 Å². The van der Waals surface area contributed by atoms with E-state index in [0.29, 0.717) is 38.5 Å². The first-order chi connectivity index (χ1) is 13.6. The summed E-state index contributed by atoms with van der Waals surface area (Å²) >= 11 is 12.0. The van der Waals surface area contributed by atoms with E-state index in [1.165, 1.54) is 0 Å². The van der Waals surface area contributed by atoms with Gasteiger partial charge in [-0.15, -0.1) is 0 Å². The highest BCUT2D eigenvalue weighted by molar-refractivity contribution is 6.42. The van der Waals surface area contributed by atoms with Crippen molar-refractivity contribution in [3.8, 4) is 22.8 Å². The number of carbonyl (C=O) groups excluding carboxylic acids is 1. The summed E-state index contributed by atoms with van der Waals surface area (Å²) in [6.07, 6.45) is 1.65. The molecule has 0 spiro atoms. The molecule has 6 heteroatoms. The van der Waals surface area contributed by atoms with E-state index < -0.39 is 0 Å². The monoisotopic (exact) mass is 408 g/mol. The Bertz CT molecular complexity index is 1140. The molecule has 0 aliphatic heterocycles. The van der Waals surface area contributed by atoms with Crippen LogP contribution in [0.5, 0.6) is 0 Å². The lowest BCUT2D eigenvalue weighted by Crippen LogP contribution is -2.13. The quantitative estimate of drug-likeness (QED) is 0.415. The number of aromatic nitrogens is 1. The summed E-state index contributed by atoms with van der Waals surface area (Å²) in [5.74, 6) is 0.711. The first kappa shape index (κ1) is 18.3. The zero-order valence-corrected chi connectivity index (χ0v) is 16.0. The van der Waals surface area contributed by atoms with E-state index in [0.717, 1.165) is 5.56 Å². The zero-order chi connectivity index (χ0) is 19.5. The fourth-order valence-electron chi connectivity index (χ4n) is 2.77. The van der Waals surface area contributed by atoms with Gasteiger partial charge in [0, 0.05) is 16.8 Å². The highest BCUT2D eigenvalue weighted by atomic mass is 35.5. The van der Waals surface area contributed by atoms with Crippen molar-refractivity contribution in [2.45, 2.75) is 0 Å². The van der Waals surface area contributed by atoms with Crippen LogP contribution in [0, 0.1) is 0 Å². The van der Waals surface area contributed by atoms with Crippen molar-refractivity contribution in [1.82, 2.24) is 4.98 Å². The van der Waals surface area contributed by atoms with Gasteiger partial charge in [-0.2, -0.15) is 0 Å². The molecule has 4 nitrogen and oxygen atoms in total. The Balaban J connectivity index is 1.64. The zero-order valence-electron chi connectivity index (χ0n) is 14.5. The molecule has 0 fully saturated rings. The van der Waals surface area contributed by atoms with Gasteiger partial charge in [0.15, 0.2) is 5.76 Å². The largest absolute Gasteiger partial charge is 0.436 e. The van der Waals surface area contributed by atoms with Gasteiger partial charge in [-0.25, -0.2) is 4.98 Å². The van der Waals surface area contributed by atoms with Crippen LogP contribution in [-0.2, 0) is 0 Å². The number of hydrogen-bond donors (Lipinski definition) is 1. The number of benzene rings is 3. The number of hydrogen-bond acceptors (Lipinski definition) is 3. The number of amides is 1. The molecule has 0 saturated heterocycles. The minimum absolute atomic E-state index is 0.298. The first-order valence-corrected chi connectivity index (χ1v) is 9.24. The third-order valence-corrected chi connectivity index (χ3v) is 4.88. The Morgan fingerprint density at radius 1 is 0.893 bits per heavy atom. The van der Waals surface area contributed by atoms with Gasteiger partial charge in [0.05, 0.1) is 21.8 Å². The first-order valence-electron chi connectivity index (χ1n) is 8.49. The van der Waals surface area contributed by atoms with Gasteiger partial charge in [0.2, 0.25) is 5.89 Å². The van der Waals surface area contributed by atoms with E-state index in [-0.39, 0.29) is 5.91 Å². The van der Waals surface area contributed by atoms with Crippen LogP contribution in [0.1, 0.15) is 10.4 Å². The molecule has 4 rings (SSSR count). The van der Waals surface area contributed by atoms with Crippen molar-refractivity contribution >= 4 is 34.8 Å². The number of carbonyl (C=O) groups is 1. The number of nitrogens with one attached hydrogen (secondary N) is 1. The molecule has 1 heterocycles. The van der Waals surface area contributed by atoms with E-state index in [1.54, 1.807) is 42.6 Å². The molecule has 0 unspecified atom stereocenters. The lowest BCUT2D eigenvalue weighted by atomic mass is 10.1. The molecule has 1 N–H and O–H groups in total. The molecule has 0 atom stereocenters. The molecule has 4 aromatic rings. The third kappa shape index (κ3) is 3.79. The average Bonchev–Trinajstić information content (AvgIpc) is 3.21. The van der Waals surface area contributed by atoms with Crippen LogP contribution in [0.3, 0.4) is 0 Å². The van der Waals surface area contributed by atoms with E-state index in [2.05, 4.69) is 10.3 Å². The number of halogens is 2. The maximum atomic E-state index is 12.8. The van der Waals surface area contributed by atoms with Crippen LogP contribution in [0.4, 0.5) is 5.69 Å². The molecule has 1 amide bonds. The lowest BCUT2D eigenvalue weighted by Gasteiger charge is -2.09. The van der Waals surface area contributed by atoms with Crippen molar-refractivity contribution in [2.24, 2.45) is 0 Å². The molecular weight excluding hydrogens is 395 g/mol. The smallest absolute Gasteiger partial charge is 0.256 e. The predicted molar refractivity (Wildman–Crippen MR) is 112 cm³/mol. The molecule has 0 aliphatic rings. The number of rotatable bonds is 4. The molecule has 3 aromatic carbocycles. The summed E-state index contributed by atoms with van der Waals surface area (Å²) in [6.45, 7) is 0. The van der Waals surface area contributed by atoms with Gasteiger partial charge in [0.1, 0.15) is 0 Å². The second-order valence-corrected chi connectivity index (χ2v) is 6.84. The SMILES string of the molecule is O=C(Nc1ccc(Cl)c(Cl)c1)c1ccccc1-c1ncc(-c2ccccc2)o1. The van der Waals surface area contributed by atoms with Gasteiger partial charge in [-0.1, -0.05) is 65.7 Å². The Morgan fingerprint density at radius 3 is 2.43 bits per heavy atom. The van der Waals surface area contributed by atoms with Gasteiger partial charge in [0.25, 0.3) is 5.91 Å². The summed E-state index contributed by atoms with van der Waals surface area (Å²) in [5, 5.41) is 3.62. The second kappa shape index (κ2) is 7.89. The highest BCUT2D eigenvalue weighted by Gasteiger charge is 2.17. The molecule has 0 bridgehead atoms. The summed E-state index contributed by atoms with van der Waals surface area (Å²) in [4.78, 5) is 17.2. The third-order valence-electron chi connectivity index (χ3n) is 4.14. The van der Waals surface area contributed by atoms with Gasteiger partial charge >= 0.3 is 0 Å². The minimum Gasteiger partial charge on any atom is -0.436 e. The van der Waals surface area contributed by atoms with E-state index in [9.17, 15) is 4.79 Å². The number of anilines is 1. The summed E-state index contributed by atoms with van der Waals surface area (Å²) in [5.41, 5.74) is 2.50. The predicted octanol–water partition coefficient (Wildman–Crippen LogP) is 6.57. The summed E-state index contributed by atoms with van der Waals surface area (Å²) in [7, 11) is 0. The Kier molecular flexibility index (Phi) is 5.15. The number of oxazole rings is 1.